The van der Waals surface area contributed by atoms with Crippen molar-refractivity contribution in [1.29, 1.82) is 0 Å². The molecule has 1 aliphatic heterocycles. The third-order valence-electron chi connectivity index (χ3n) is 4.58. The smallest absolute Gasteiger partial charge is 0.225 e. The van der Waals surface area contributed by atoms with Gasteiger partial charge in [0.2, 0.25) is 5.91 Å². The predicted molar refractivity (Wildman–Crippen MR) is 76.8 cm³/mol. The van der Waals surface area contributed by atoms with Gasteiger partial charge in [0.05, 0.1) is 0 Å². The molecule has 3 nitrogen and oxygen atoms in total. The van der Waals surface area contributed by atoms with Gasteiger partial charge in [-0.2, -0.15) is 0 Å². The van der Waals surface area contributed by atoms with Crippen molar-refractivity contribution in [2.75, 3.05) is 13.1 Å². The summed E-state index contributed by atoms with van der Waals surface area (Å²) in [6.07, 6.45) is 6.91. The Balaban J connectivity index is 0.00000162. The summed E-state index contributed by atoms with van der Waals surface area (Å²) in [5, 5.41) is 0. The molecule has 1 saturated heterocycles. The lowest BCUT2D eigenvalue weighted by atomic mass is 9.79. The van der Waals surface area contributed by atoms with Crippen molar-refractivity contribution in [3.8, 4) is 0 Å². The van der Waals surface area contributed by atoms with Crippen molar-refractivity contribution in [1.82, 2.24) is 4.90 Å². The molecule has 0 aromatic heterocycles. The number of piperidine rings is 1. The van der Waals surface area contributed by atoms with E-state index in [2.05, 4.69) is 18.7 Å². The number of carbonyl (C=O) groups is 1. The third-order valence-corrected chi connectivity index (χ3v) is 4.58. The molecule has 106 valence electrons. The van der Waals surface area contributed by atoms with Crippen LogP contribution in [0.1, 0.15) is 52.4 Å². The molecule has 0 radical (unpaired) electrons. The topological polar surface area (TPSA) is 46.3 Å². The average Bonchev–Trinajstić information content (AvgIpc) is 2.33. The lowest BCUT2D eigenvalue weighted by Gasteiger charge is -2.44. The Kier molecular flexibility index (Phi) is 5.47. The van der Waals surface area contributed by atoms with Crippen molar-refractivity contribution in [2.45, 2.75) is 58.4 Å². The van der Waals surface area contributed by atoms with Crippen molar-refractivity contribution in [3.63, 3.8) is 0 Å². The molecule has 2 N–H and O–H groups in total. The molecule has 0 spiro atoms. The van der Waals surface area contributed by atoms with E-state index in [1.807, 2.05) is 0 Å². The van der Waals surface area contributed by atoms with Gasteiger partial charge in [-0.25, -0.2) is 0 Å². The monoisotopic (exact) mass is 274 g/mol. The fourth-order valence-corrected chi connectivity index (χ4v) is 3.17. The fraction of sp³-hybridized carbons (Fsp3) is 0.929. The molecule has 2 aliphatic rings. The van der Waals surface area contributed by atoms with E-state index in [4.69, 9.17) is 5.73 Å². The van der Waals surface area contributed by atoms with Gasteiger partial charge in [0, 0.05) is 25.0 Å². The molecule has 0 aromatic rings. The first-order valence-corrected chi connectivity index (χ1v) is 7.05. The molecule has 0 bridgehead atoms. The van der Waals surface area contributed by atoms with Gasteiger partial charge in [0.1, 0.15) is 0 Å². The molecule has 1 atom stereocenters. The summed E-state index contributed by atoms with van der Waals surface area (Å²) < 4.78 is 0. The first-order valence-electron chi connectivity index (χ1n) is 7.05. The van der Waals surface area contributed by atoms with Crippen molar-refractivity contribution in [3.05, 3.63) is 0 Å². The number of nitrogens with zero attached hydrogens (tertiary/aromatic N) is 1. The van der Waals surface area contributed by atoms with Crippen LogP contribution in [0, 0.1) is 11.3 Å². The first kappa shape index (κ1) is 15.8. The van der Waals surface area contributed by atoms with E-state index in [0.717, 1.165) is 32.4 Å². The van der Waals surface area contributed by atoms with Crippen LogP contribution < -0.4 is 5.73 Å². The summed E-state index contributed by atoms with van der Waals surface area (Å²) >= 11 is 0. The lowest BCUT2D eigenvalue weighted by Crippen LogP contribution is -2.55. The molecule has 4 heteroatoms. The van der Waals surface area contributed by atoms with Crippen molar-refractivity contribution >= 4 is 18.3 Å². The maximum Gasteiger partial charge on any atom is 0.225 e. The van der Waals surface area contributed by atoms with E-state index in [1.54, 1.807) is 0 Å². The average molecular weight is 275 g/mol. The molecule has 1 saturated carbocycles. The zero-order valence-corrected chi connectivity index (χ0v) is 12.5. The summed E-state index contributed by atoms with van der Waals surface area (Å²) in [5.74, 6) is 0.693. The number of hydrogen-bond donors (Lipinski definition) is 1. The normalized spacial score (nSPS) is 28.6. The number of nitrogens with two attached hydrogens (primary N) is 1. The molecule has 1 heterocycles. The highest BCUT2D eigenvalue weighted by atomic mass is 35.5. The number of amides is 1. The van der Waals surface area contributed by atoms with Crippen LogP contribution in [0.5, 0.6) is 0 Å². The van der Waals surface area contributed by atoms with Gasteiger partial charge in [-0.1, -0.05) is 33.1 Å². The first-order chi connectivity index (χ1) is 8.00. The van der Waals surface area contributed by atoms with Gasteiger partial charge in [-0.05, 0) is 24.7 Å². The number of rotatable bonds is 1. The van der Waals surface area contributed by atoms with Gasteiger partial charge in [-0.15, -0.1) is 12.4 Å². The van der Waals surface area contributed by atoms with Crippen LogP contribution in [0.2, 0.25) is 0 Å². The van der Waals surface area contributed by atoms with E-state index in [0.29, 0.717) is 11.8 Å². The van der Waals surface area contributed by atoms with Gasteiger partial charge in [0.15, 0.2) is 0 Å². The minimum atomic E-state index is 0. The number of carbonyl (C=O) groups excluding carboxylic acids is 1. The lowest BCUT2D eigenvalue weighted by molar-refractivity contribution is -0.140. The van der Waals surface area contributed by atoms with E-state index < -0.39 is 0 Å². The highest BCUT2D eigenvalue weighted by Crippen LogP contribution is 2.31. The Morgan fingerprint density at radius 1 is 1.17 bits per heavy atom. The van der Waals surface area contributed by atoms with Crippen LogP contribution in [-0.4, -0.2) is 29.9 Å². The van der Waals surface area contributed by atoms with Crippen LogP contribution in [0.25, 0.3) is 0 Å². The van der Waals surface area contributed by atoms with Gasteiger partial charge < -0.3 is 10.6 Å². The van der Waals surface area contributed by atoms with E-state index in [1.165, 1.54) is 19.3 Å². The van der Waals surface area contributed by atoms with Crippen LogP contribution in [0.15, 0.2) is 0 Å². The quantitative estimate of drug-likeness (QED) is 0.799. The summed E-state index contributed by atoms with van der Waals surface area (Å²) in [4.78, 5) is 14.5. The zero-order valence-electron chi connectivity index (χ0n) is 11.7. The Bertz CT molecular complexity index is 288. The van der Waals surface area contributed by atoms with E-state index in [9.17, 15) is 4.79 Å². The Morgan fingerprint density at radius 3 is 2.33 bits per heavy atom. The van der Waals surface area contributed by atoms with Crippen LogP contribution in [-0.2, 0) is 4.79 Å². The molecular formula is C14H27ClN2O. The minimum absolute atomic E-state index is 0. The summed E-state index contributed by atoms with van der Waals surface area (Å²) in [5.41, 5.74) is 6.19. The molecule has 1 aliphatic carbocycles. The standard InChI is InChI=1S/C14H26N2O.ClH/c1-14(2)10-16(9-8-12(14)15)13(17)11-6-4-3-5-7-11;/h11-12H,3-10,15H2,1-2H3;1H. The molecule has 1 amide bonds. The zero-order chi connectivity index (χ0) is 12.5. The Morgan fingerprint density at radius 2 is 1.78 bits per heavy atom. The number of likely N-dealkylation sites (tertiary alicyclic amines) is 1. The second-order valence-electron chi connectivity index (χ2n) is 6.48. The van der Waals surface area contributed by atoms with Crippen LogP contribution >= 0.6 is 12.4 Å². The molecule has 2 rings (SSSR count). The largest absolute Gasteiger partial charge is 0.342 e. The highest BCUT2D eigenvalue weighted by molar-refractivity contribution is 5.85. The maximum atomic E-state index is 12.4. The minimum Gasteiger partial charge on any atom is -0.342 e. The SMILES string of the molecule is CC1(C)CN(C(=O)C2CCCCC2)CCC1N.Cl. The highest BCUT2D eigenvalue weighted by Gasteiger charge is 2.37. The predicted octanol–water partition coefficient (Wildman–Crippen LogP) is 2.57. The fourth-order valence-electron chi connectivity index (χ4n) is 3.17. The molecular weight excluding hydrogens is 248 g/mol. The summed E-state index contributed by atoms with van der Waals surface area (Å²) in [6.45, 7) is 6.05. The molecule has 2 fully saturated rings. The van der Waals surface area contributed by atoms with E-state index in [-0.39, 0.29) is 23.9 Å². The van der Waals surface area contributed by atoms with Gasteiger partial charge in [-0.3, -0.25) is 4.79 Å². The van der Waals surface area contributed by atoms with Crippen molar-refractivity contribution < 1.29 is 4.79 Å². The second kappa shape index (κ2) is 6.25. The number of hydrogen-bond acceptors (Lipinski definition) is 2. The summed E-state index contributed by atoms with van der Waals surface area (Å²) in [7, 11) is 0. The van der Waals surface area contributed by atoms with Gasteiger partial charge >= 0.3 is 0 Å². The van der Waals surface area contributed by atoms with Crippen LogP contribution in [0.3, 0.4) is 0 Å². The molecule has 1 unspecified atom stereocenters. The maximum absolute atomic E-state index is 12.4. The van der Waals surface area contributed by atoms with Crippen molar-refractivity contribution in [2.24, 2.45) is 17.1 Å². The Labute approximate surface area is 117 Å². The summed E-state index contributed by atoms with van der Waals surface area (Å²) in [6, 6.07) is 0.234. The van der Waals surface area contributed by atoms with Gasteiger partial charge in [0.25, 0.3) is 0 Å². The Hall–Kier alpha value is -0.280. The second-order valence-corrected chi connectivity index (χ2v) is 6.48. The van der Waals surface area contributed by atoms with E-state index >= 15 is 0 Å². The third kappa shape index (κ3) is 3.39. The molecule has 0 aromatic carbocycles. The molecule has 18 heavy (non-hydrogen) atoms. The van der Waals surface area contributed by atoms with Crippen LogP contribution in [0.4, 0.5) is 0 Å². The number of halogens is 1.